The number of thioether (sulfide) groups is 1. The lowest BCUT2D eigenvalue weighted by Gasteiger charge is -2.49. The fourth-order valence-corrected chi connectivity index (χ4v) is 5.72. The van der Waals surface area contributed by atoms with Crippen LogP contribution in [-0.2, 0) is 9.59 Å². The molecule has 9 nitrogen and oxygen atoms in total. The molecule has 2 amide bonds. The third-order valence-electron chi connectivity index (χ3n) is 4.48. The lowest BCUT2D eigenvalue weighted by atomic mass is 9.82. The fraction of sp³-hybridized carbons (Fsp3) is 0.462. The first kappa shape index (κ1) is 15.4. The van der Waals surface area contributed by atoms with Gasteiger partial charge in [-0.3, -0.25) is 14.6 Å². The number of likely N-dealkylation sites (tertiary alicyclic amines) is 1. The van der Waals surface area contributed by atoms with Crippen LogP contribution < -0.4 is 0 Å². The van der Waals surface area contributed by atoms with E-state index in [1.165, 1.54) is 28.0 Å². The van der Waals surface area contributed by atoms with Gasteiger partial charge in [0, 0.05) is 17.4 Å². The number of rotatable bonds is 3. The van der Waals surface area contributed by atoms with E-state index >= 15 is 0 Å². The molecule has 2 fully saturated rings. The molecule has 0 aliphatic carbocycles. The van der Waals surface area contributed by atoms with Crippen molar-refractivity contribution < 1.29 is 24.6 Å². The zero-order valence-electron chi connectivity index (χ0n) is 12.4. The Morgan fingerprint density at radius 3 is 2.67 bits per heavy atom. The summed E-state index contributed by atoms with van der Waals surface area (Å²) in [6, 6.07) is -1.13. The van der Waals surface area contributed by atoms with Crippen molar-refractivity contribution in [2.24, 2.45) is 5.92 Å². The Morgan fingerprint density at radius 1 is 1.33 bits per heavy atom. The largest absolute Gasteiger partial charge is 0.477 e. The summed E-state index contributed by atoms with van der Waals surface area (Å²) < 4.78 is 0.609. The van der Waals surface area contributed by atoms with E-state index in [9.17, 15) is 24.6 Å². The molecule has 1 aromatic heterocycles. The van der Waals surface area contributed by atoms with Crippen LogP contribution in [0.3, 0.4) is 0 Å². The van der Waals surface area contributed by atoms with E-state index in [-0.39, 0.29) is 24.2 Å². The molecule has 0 saturated carbocycles. The van der Waals surface area contributed by atoms with E-state index in [1.54, 1.807) is 6.92 Å². The number of aryl methyl sites for hydroxylation is 1. The van der Waals surface area contributed by atoms with Crippen LogP contribution in [-0.4, -0.2) is 66.8 Å². The van der Waals surface area contributed by atoms with E-state index in [1.807, 2.05) is 0 Å². The van der Waals surface area contributed by atoms with Crippen molar-refractivity contribution in [3.05, 3.63) is 15.6 Å². The molecule has 24 heavy (non-hydrogen) atoms. The SMILES string of the molecule is Cc1nnc(SC2=C(C(=O)O)N3C(=O)[C@@H]4[C@H]3[C@H](C2)CN4C(=O)O)s1. The first-order valence-corrected chi connectivity index (χ1v) is 8.79. The zero-order valence-corrected chi connectivity index (χ0v) is 14.0. The van der Waals surface area contributed by atoms with Gasteiger partial charge < -0.3 is 10.2 Å². The lowest BCUT2D eigenvalue weighted by Crippen LogP contribution is -2.69. The van der Waals surface area contributed by atoms with Gasteiger partial charge in [-0.15, -0.1) is 10.2 Å². The minimum atomic E-state index is -1.18. The first-order valence-electron chi connectivity index (χ1n) is 7.15. The number of hydrogen-bond donors (Lipinski definition) is 2. The molecule has 3 aliphatic heterocycles. The summed E-state index contributed by atoms with van der Waals surface area (Å²) in [6.45, 7) is 2.04. The Labute approximate surface area is 144 Å². The van der Waals surface area contributed by atoms with Crippen molar-refractivity contribution in [1.29, 1.82) is 0 Å². The van der Waals surface area contributed by atoms with E-state index in [0.717, 1.165) is 9.91 Å². The third-order valence-corrected chi connectivity index (χ3v) is 6.48. The van der Waals surface area contributed by atoms with Crippen LogP contribution >= 0.6 is 23.1 Å². The normalized spacial score (nSPS) is 28.0. The molecule has 2 saturated heterocycles. The van der Waals surface area contributed by atoms with Gasteiger partial charge in [-0.2, -0.15) is 0 Å². The molecule has 4 rings (SSSR count). The lowest BCUT2D eigenvalue weighted by molar-refractivity contribution is -0.156. The highest BCUT2D eigenvalue weighted by Crippen LogP contribution is 2.50. The van der Waals surface area contributed by atoms with Crippen molar-refractivity contribution in [2.75, 3.05) is 6.54 Å². The van der Waals surface area contributed by atoms with Gasteiger partial charge >= 0.3 is 12.1 Å². The van der Waals surface area contributed by atoms with Gasteiger partial charge in [0.25, 0.3) is 5.91 Å². The van der Waals surface area contributed by atoms with E-state index in [2.05, 4.69) is 10.2 Å². The number of carboxylic acid groups (broad SMARTS) is 2. The monoisotopic (exact) mass is 368 g/mol. The van der Waals surface area contributed by atoms with Gasteiger partial charge in [0.05, 0.1) is 6.04 Å². The number of hydrogen-bond acceptors (Lipinski definition) is 7. The predicted octanol–water partition coefficient (Wildman–Crippen LogP) is 0.828. The van der Waals surface area contributed by atoms with Crippen molar-refractivity contribution in [2.45, 2.75) is 29.8 Å². The smallest absolute Gasteiger partial charge is 0.408 e. The Kier molecular flexibility index (Phi) is 3.32. The minimum absolute atomic E-state index is 0.0532. The maximum Gasteiger partial charge on any atom is 0.408 e. The van der Waals surface area contributed by atoms with Crippen LogP contribution in [0.2, 0.25) is 0 Å². The van der Waals surface area contributed by atoms with E-state index < -0.39 is 24.0 Å². The highest BCUT2D eigenvalue weighted by molar-refractivity contribution is 8.04. The Bertz CT molecular complexity index is 806. The fourth-order valence-electron chi connectivity index (χ4n) is 3.60. The second-order valence-corrected chi connectivity index (χ2v) is 8.33. The molecule has 126 valence electrons. The van der Waals surface area contributed by atoms with Crippen LogP contribution in [0.1, 0.15) is 11.4 Å². The molecular formula is C13H12N4O5S2. The average molecular weight is 368 g/mol. The molecule has 1 aromatic rings. The van der Waals surface area contributed by atoms with Gasteiger partial charge in [-0.25, -0.2) is 9.59 Å². The first-order chi connectivity index (χ1) is 11.4. The number of aromatic nitrogens is 2. The maximum atomic E-state index is 12.4. The molecule has 0 spiro atoms. The molecular weight excluding hydrogens is 356 g/mol. The van der Waals surface area contributed by atoms with Crippen LogP contribution in [0.5, 0.6) is 0 Å². The average Bonchev–Trinajstić information content (AvgIpc) is 3.07. The van der Waals surface area contributed by atoms with Gasteiger partial charge in [-0.1, -0.05) is 23.1 Å². The summed E-state index contributed by atoms with van der Waals surface area (Å²) >= 11 is 2.54. The number of carboxylic acids is 1. The van der Waals surface area contributed by atoms with Crippen LogP contribution in [0.15, 0.2) is 14.9 Å². The standard InChI is InChI=1S/C13H12N4O5S2/c1-4-14-15-12(23-4)24-6-2-5-3-16(13(21)22)9-7(5)17(10(9)18)8(6)11(19)20/h5,7,9H,2-3H2,1H3,(H,19,20)(H,21,22)/t5-,7-,9+/m1/s1. The highest BCUT2D eigenvalue weighted by Gasteiger charge is 2.64. The van der Waals surface area contributed by atoms with Crippen LogP contribution in [0, 0.1) is 12.8 Å². The Morgan fingerprint density at radius 2 is 2.08 bits per heavy atom. The number of allylic oxidation sites excluding steroid dienone is 1. The third kappa shape index (κ3) is 2.04. The topological polar surface area (TPSA) is 124 Å². The summed E-state index contributed by atoms with van der Waals surface area (Å²) in [6.07, 6.45) is -0.729. The molecule has 0 radical (unpaired) electrons. The number of β-lactam (4-membered cyclic amide) rings is 1. The Hall–Kier alpha value is -2.14. The number of carbonyl (C=O) groups is 3. The second-order valence-electron chi connectivity index (χ2n) is 5.81. The molecule has 0 aromatic carbocycles. The number of amides is 2. The predicted molar refractivity (Wildman–Crippen MR) is 82.4 cm³/mol. The van der Waals surface area contributed by atoms with Gasteiger partial charge in [0.15, 0.2) is 4.34 Å². The molecule has 4 heterocycles. The quantitative estimate of drug-likeness (QED) is 0.752. The van der Waals surface area contributed by atoms with Crippen molar-refractivity contribution in [1.82, 2.24) is 20.0 Å². The maximum absolute atomic E-state index is 12.4. The summed E-state index contributed by atoms with van der Waals surface area (Å²) in [5, 5.41) is 27.5. The Balaban J connectivity index is 1.71. The van der Waals surface area contributed by atoms with Crippen LogP contribution in [0.25, 0.3) is 0 Å². The van der Waals surface area contributed by atoms with E-state index in [0.29, 0.717) is 15.7 Å². The highest BCUT2D eigenvalue weighted by atomic mass is 32.2. The van der Waals surface area contributed by atoms with Crippen LogP contribution in [0.4, 0.5) is 4.79 Å². The number of nitrogens with zero attached hydrogens (tertiary/aromatic N) is 4. The molecule has 3 atom stereocenters. The van der Waals surface area contributed by atoms with Gasteiger partial charge in [0.1, 0.15) is 16.7 Å². The number of aliphatic carboxylic acids is 1. The number of carbonyl (C=O) groups excluding carboxylic acids is 1. The molecule has 11 heteroatoms. The van der Waals surface area contributed by atoms with Crippen molar-refractivity contribution >= 4 is 41.1 Å². The van der Waals surface area contributed by atoms with E-state index in [4.69, 9.17) is 0 Å². The molecule has 2 N–H and O–H groups in total. The van der Waals surface area contributed by atoms with Gasteiger partial charge in [-0.05, 0) is 13.3 Å². The second kappa shape index (κ2) is 5.18. The zero-order chi connectivity index (χ0) is 17.2. The summed E-state index contributed by atoms with van der Waals surface area (Å²) in [7, 11) is 0. The van der Waals surface area contributed by atoms with Gasteiger partial charge in [0.2, 0.25) is 0 Å². The molecule has 0 bridgehead atoms. The van der Waals surface area contributed by atoms with Crippen molar-refractivity contribution in [3.8, 4) is 0 Å². The molecule has 3 aliphatic rings. The summed E-state index contributed by atoms with van der Waals surface area (Å²) in [4.78, 5) is 38.3. The summed E-state index contributed by atoms with van der Waals surface area (Å²) in [5.74, 6) is -1.74. The minimum Gasteiger partial charge on any atom is -0.477 e. The summed E-state index contributed by atoms with van der Waals surface area (Å²) in [5.41, 5.74) is -0.0532. The van der Waals surface area contributed by atoms with Crippen molar-refractivity contribution in [3.63, 3.8) is 0 Å². The molecule has 0 unspecified atom stereocenters.